The summed E-state index contributed by atoms with van der Waals surface area (Å²) in [5, 5.41) is 1.97. The van der Waals surface area contributed by atoms with Crippen LogP contribution in [0.2, 0.25) is 18.6 Å². The summed E-state index contributed by atoms with van der Waals surface area (Å²) in [5.74, 6) is 5.22. The number of hydrogen-bond donors (Lipinski definition) is 0. The number of allylic oxidation sites excluding steroid dienone is 8. The maximum atomic E-state index is 2.79. The molecule has 3 heteroatoms. The fraction of sp³-hybridized carbons (Fsp3) is 0.733. The molecule has 0 aromatic carbocycles. The molecule has 0 amide bonds. The van der Waals surface area contributed by atoms with Gasteiger partial charge < -0.3 is 0 Å². The molecule has 0 bridgehead atoms. The summed E-state index contributed by atoms with van der Waals surface area (Å²) in [6.45, 7) is 13.2. The molecule has 3 fully saturated rings. The van der Waals surface area contributed by atoms with Crippen molar-refractivity contribution in [2.45, 2.75) is 97.2 Å². The third-order valence-electron chi connectivity index (χ3n) is 10.7. The van der Waals surface area contributed by atoms with Gasteiger partial charge in [0.1, 0.15) is 0 Å². The van der Waals surface area contributed by atoms with Crippen molar-refractivity contribution >= 4 is 45.8 Å². The van der Waals surface area contributed by atoms with Crippen molar-refractivity contribution in [3.05, 3.63) is 47.2 Å². The third kappa shape index (κ3) is 4.62. The van der Waals surface area contributed by atoms with Crippen LogP contribution in [0.15, 0.2) is 47.2 Å². The summed E-state index contributed by atoms with van der Waals surface area (Å²) < 4.78 is 0. The Balaban J connectivity index is 0.00000153. The van der Waals surface area contributed by atoms with E-state index in [0.717, 1.165) is 41.0 Å². The predicted octanol–water partition coefficient (Wildman–Crippen LogP) is 7.59. The van der Waals surface area contributed by atoms with Gasteiger partial charge in [-0.1, -0.05) is 108 Å². The molecule has 5 aliphatic rings. The standard InChI is InChI=1S/C30H46Si.2Li.2H/c1-21(2)30(19-11-12-22(3)20-30)27-17-10-18-28(27)31(4,5)29-25-15-8-6-13-23(25)24-14-7-9-16-26(24)29;;;;/h6,8,10,13,15,17,21-26,29H,7,9,11-12,14,16,18-20H2,1-5H3;;;;. The van der Waals surface area contributed by atoms with E-state index in [4.69, 9.17) is 0 Å². The van der Waals surface area contributed by atoms with Crippen molar-refractivity contribution in [2.24, 2.45) is 40.9 Å². The zero-order valence-corrected chi connectivity index (χ0v) is 21.9. The molecule has 0 aliphatic heterocycles. The minimum atomic E-state index is -1.58. The molecule has 5 rings (SSSR count). The van der Waals surface area contributed by atoms with Crippen LogP contribution in [0.5, 0.6) is 0 Å². The molecule has 33 heavy (non-hydrogen) atoms. The molecule has 0 aromatic rings. The van der Waals surface area contributed by atoms with Gasteiger partial charge in [-0.3, -0.25) is 0 Å². The molecule has 0 spiro atoms. The van der Waals surface area contributed by atoms with E-state index < -0.39 is 8.07 Å². The van der Waals surface area contributed by atoms with Crippen molar-refractivity contribution in [1.82, 2.24) is 0 Å². The Bertz CT molecular complexity index is 819. The predicted molar refractivity (Wildman–Crippen MR) is 152 cm³/mol. The molecule has 0 N–H and O–H groups in total. The monoisotopic (exact) mass is 450 g/mol. The Kier molecular flexibility index (Phi) is 9.13. The Labute approximate surface area is 230 Å². The van der Waals surface area contributed by atoms with Gasteiger partial charge in [0.15, 0.2) is 0 Å². The summed E-state index contributed by atoms with van der Waals surface area (Å²) in [6.07, 6.45) is 28.1. The van der Waals surface area contributed by atoms with Crippen LogP contribution in [0, 0.1) is 40.9 Å². The molecule has 0 aromatic heterocycles. The van der Waals surface area contributed by atoms with Crippen LogP contribution >= 0.6 is 0 Å². The van der Waals surface area contributed by atoms with Gasteiger partial charge >= 0.3 is 37.7 Å². The molecular weight excluding hydrogens is 402 g/mol. The molecule has 0 saturated heterocycles. The molecule has 0 heterocycles. The second-order valence-corrected chi connectivity index (χ2v) is 17.5. The van der Waals surface area contributed by atoms with E-state index in [-0.39, 0.29) is 37.7 Å². The zero-order chi connectivity index (χ0) is 21.8. The Hall–Kier alpha value is 0.372. The summed E-state index contributed by atoms with van der Waals surface area (Å²) in [7, 11) is -1.58. The van der Waals surface area contributed by atoms with Crippen LogP contribution in [0.1, 0.15) is 78.6 Å². The van der Waals surface area contributed by atoms with Gasteiger partial charge in [-0.05, 0) is 77.7 Å². The number of hydrogen-bond acceptors (Lipinski definition) is 0. The van der Waals surface area contributed by atoms with Crippen molar-refractivity contribution in [2.75, 3.05) is 0 Å². The van der Waals surface area contributed by atoms with Crippen molar-refractivity contribution < 1.29 is 0 Å². The van der Waals surface area contributed by atoms with Gasteiger partial charge in [-0.2, -0.15) is 0 Å². The fourth-order valence-corrected chi connectivity index (χ4v) is 14.1. The van der Waals surface area contributed by atoms with E-state index in [9.17, 15) is 0 Å². The molecule has 7 atom stereocenters. The summed E-state index contributed by atoms with van der Waals surface area (Å²) in [5.41, 5.74) is 3.23. The van der Waals surface area contributed by atoms with Crippen LogP contribution in [-0.4, -0.2) is 45.8 Å². The van der Waals surface area contributed by atoms with Gasteiger partial charge in [-0.25, -0.2) is 0 Å². The normalized spacial score (nSPS) is 39.8. The summed E-state index contributed by atoms with van der Waals surface area (Å²) in [4.78, 5) is 0. The SMILES string of the molecule is CC1CCCC(C2=C([Si](C)(C)C3C4C=CC=CC4C4CCCCC43)CC=C2)(C(C)C)C1.[LiH].[LiH]. The number of fused-ring (bicyclic) bond motifs is 3. The van der Waals surface area contributed by atoms with Crippen LogP contribution in [0.25, 0.3) is 0 Å². The Morgan fingerprint density at radius 3 is 2.24 bits per heavy atom. The molecule has 7 unspecified atom stereocenters. The first kappa shape index (κ1) is 28.0. The van der Waals surface area contributed by atoms with Crippen LogP contribution in [0.4, 0.5) is 0 Å². The molecular formula is C30H48Li2Si. The average molecular weight is 451 g/mol. The molecule has 0 radical (unpaired) electrons. The van der Waals surface area contributed by atoms with E-state index in [1.54, 1.807) is 0 Å². The van der Waals surface area contributed by atoms with Gasteiger partial charge in [-0.15, -0.1) is 0 Å². The van der Waals surface area contributed by atoms with E-state index in [1.165, 1.54) is 57.8 Å². The quantitative estimate of drug-likeness (QED) is 0.387. The van der Waals surface area contributed by atoms with Gasteiger partial charge in [0, 0.05) is 0 Å². The van der Waals surface area contributed by atoms with E-state index in [2.05, 4.69) is 70.3 Å². The summed E-state index contributed by atoms with van der Waals surface area (Å²) in [6, 6.07) is 0. The van der Waals surface area contributed by atoms with Gasteiger partial charge in [0.2, 0.25) is 0 Å². The maximum absolute atomic E-state index is 2.79. The van der Waals surface area contributed by atoms with Crippen LogP contribution < -0.4 is 0 Å². The summed E-state index contributed by atoms with van der Waals surface area (Å²) >= 11 is 0. The van der Waals surface area contributed by atoms with E-state index in [0.29, 0.717) is 5.41 Å². The van der Waals surface area contributed by atoms with Gasteiger partial charge in [0.05, 0.1) is 8.07 Å². The molecule has 0 nitrogen and oxygen atoms in total. The van der Waals surface area contributed by atoms with Crippen molar-refractivity contribution in [1.29, 1.82) is 0 Å². The van der Waals surface area contributed by atoms with E-state index in [1.807, 2.05) is 10.8 Å². The Morgan fingerprint density at radius 2 is 1.58 bits per heavy atom. The topological polar surface area (TPSA) is 0 Å². The molecule has 5 aliphatic carbocycles. The molecule has 3 saturated carbocycles. The number of rotatable bonds is 4. The first-order chi connectivity index (χ1) is 14.9. The second kappa shape index (κ2) is 10.8. The van der Waals surface area contributed by atoms with Crippen LogP contribution in [0.3, 0.4) is 0 Å². The first-order valence-corrected chi connectivity index (χ1v) is 16.7. The minimum absolute atomic E-state index is 0. The van der Waals surface area contributed by atoms with Crippen molar-refractivity contribution in [3.63, 3.8) is 0 Å². The van der Waals surface area contributed by atoms with Crippen LogP contribution in [-0.2, 0) is 0 Å². The van der Waals surface area contributed by atoms with E-state index >= 15 is 0 Å². The first-order valence-electron chi connectivity index (χ1n) is 13.6. The second-order valence-electron chi connectivity index (χ2n) is 12.8. The third-order valence-corrected chi connectivity index (χ3v) is 15.2. The zero-order valence-electron chi connectivity index (χ0n) is 20.9. The molecule has 174 valence electrons. The average Bonchev–Trinajstić information content (AvgIpc) is 3.38. The Morgan fingerprint density at radius 1 is 0.909 bits per heavy atom. The fourth-order valence-electron chi connectivity index (χ4n) is 9.30. The van der Waals surface area contributed by atoms with Crippen molar-refractivity contribution in [3.8, 4) is 0 Å². The van der Waals surface area contributed by atoms with Gasteiger partial charge in [0.25, 0.3) is 0 Å².